The second-order valence-electron chi connectivity index (χ2n) is 11.6. The summed E-state index contributed by atoms with van der Waals surface area (Å²) in [7, 11) is 1.78. The molecule has 2 aromatic heterocycles. The molecule has 1 aliphatic heterocycles. The summed E-state index contributed by atoms with van der Waals surface area (Å²) in [4.78, 5) is 9.71. The fourth-order valence-electron chi connectivity index (χ4n) is 6.47. The van der Waals surface area contributed by atoms with Crippen LogP contribution in [-0.4, -0.2) is 12.1 Å². The Balaban J connectivity index is 1.23. The minimum Gasteiger partial charge on any atom is -0.493 e. The highest BCUT2D eigenvalue weighted by Gasteiger charge is 2.23. The summed E-state index contributed by atoms with van der Waals surface area (Å²) >= 11 is 5.29. The van der Waals surface area contributed by atoms with Gasteiger partial charge in [-0.3, -0.25) is 0 Å². The summed E-state index contributed by atoms with van der Waals surface area (Å²) in [5.41, 5.74) is 8.51. The van der Waals surface area contributed by atoms with Crippen molar-refractivity contribution < 1.29 is 4.74 Å². The lowest BCUT2D eigenvalue weighted by atomic mass is 10.0. The number of thioether (sulfide) groups is 1. The summed E-state index contributed by atoms with van der Waals surface area (Å²) in [5.74, 6) is 0.859. The standard InChI is InChI=1S/C42H28N2OS3/c1-26-23-39(46-36-18-6-3-15-31(26)36)27-11-9-13-29(24-27)44(30-14-10-12-28(25-30)42-43-34-17-5-8-20-38(34)48-42)35-22-21-33-32-16-4-7-19-37(32)47-41(33)40(35)45-2/h3-25H,1H2,2H3. The van der Waals surface area contributed by atoms with E-state index in [9.17, 15) is 0 Å². The Morgan fingerprint density at radius 2 is 1.40 bits per heavy atom. The quantitative estimate of drug-likeness (QED) is 0.176. The highest BCUT2D eigenvalue weighted by atomic mass is 32.2. The molecule has 0 fully saturated rings. The normalized spacial score (nSPS) is 12.8. The van der Waals surface area contributed by atoms with Crippen molar-refractivity contribution >= 4 is 92.4 Å². The summed E-state index contributed by atoms with van der Waals surface area (Å²) in [6.07, 6.45) is 2.20. The van der Waals surface area contributed by atoms with Crippen molar-refractivity contribution in [1.29, 1.82) is 0 Å². The number of hydrogen-bond donors (Lipinski definition) is 0. The van der Waals surface area contributed by atoms with Crippen molar-refractivity contribution in [1.82, 2.24) is 4.98 Å². The predicted octanol–water partition coefficient (Wildman–Crippen LogP) is 13.0. The molecule has 0 aliphatic carbocycles. The van der Waals surface area contributed by atoms with Crippen LogP contribution in [0.4, 0.5) is 17.1 Å². The van der Waals surface area contributed by atoms with Crippen LogP contribution in [0.1, 0.15) is 11.1 Å². The molecule has 0 bridgehead atoms. The molecular weight excluding hydrogens is 645 g/mol. The van der Waals surface area contributed by atoms with Gasteiger partial charge >= 0.3 is 0 Å². The predicted molar refractivity (Wildman–Crippen MR) is 208 cm³/mol. The number of fused-ring (bicyclic) bond motifs is 5. The number of ether oxygens (including phenoxy) is 1. The minimum atomic E-state index is 0.859. The van der Waals surface area contributed by atoms with Gasteiger partial charge in [-0.2, -0.15) is 0 Å². The Hall–Kier alpha value is -5.14. The van der Waals surface area contributed by atoms with E-state index >= 15 is 0 Å². The first-order valence-electron chi connectivity index (χ1n) is 15.7. The van der Waals surface area contributed by atoms with Gasteiger partial charge in [0.2, 0.25) is 0 Å². The molecule has 3 nitrogen and oxygen atoms in total. The van der Waals surface area contributed by atoms with Gasteiger partial charge in [-0.05, 0) is 77.4 Å². The Morgan fingerprint density at radius 1 is 0.667 bits per heavy atom. The second kappa shape index (κ2) is 11.8. The van der Waals surface area contributed by atoms with E-state index in [0.717, 1.165) is 54.7 Å². The number of para-hydroxylation sites is 1. The van der Waals surface area contributed by atoms with Gasteiger partial charge < -0.3 is 9.64 Å². The van der Waals surface area contributed by atoms with Gasteiger partial charge in [-0.15, -0.1) is 22.7 Å². The molecule has 48 heavy (non-hydrogen) atoms. The summed E-state index contributed by atoms with van der Waals surface area (Å²) in [5, 5.41) is 3.45. The van der Waals surface area contributed by atoms with Crippen LogP contribution in [0, 0.1) is 0 Å². The van der Waals surface area contributed by atoms with Gasteiger partial charge in [0.05, 0.1) is 27.7 Å². The number of thiazole rings is 1. The fraction of sp³-hybridized carbons (Fsp3) is 0.0238. The van der Waals surface area contributed by atoms with Gasteiger partial charge in [0.15, 0.2) is 5.75 Å². The largest absolute Gasteiger partial charge is 0.493 e. The molecule has 9 rings (SSSR count). The number of nitrogens with zero attached hydrogens (tertiary/aromatic N) is 2. The zero-order chi connectivity index (χ0) is 32.2. The first-order chi connectivity index (χ1) is 23.6. The summed E-state index contributed by atoms with van der Waals surface area (Å²) < 4.78 is 9.86. The molecule has 0 N–H and O–H groups in total. The maximum atomic E-state index is 6.30. The van der Waals surface area contributed by atoms with Crippen molar-refractivity contribution in [3.63, 3.8) is 0 Å². The first-order valence-corrected chi connectivity index (χ1v) is 18.1. The Labute approximate surface area is 291 Å². The molecule has 0 amide bonds. The van der Waals surface area contributed by atoms with Crippen LogP contribution < -0.4 is 9.64 Å². The molecule has 0 spiro atoms. The number of allylic oxidation sites excluding steroid dienone is 2. The van der Waals surface area contributed by atoms with Crippen LogP contribution >= 0.6 is 34.4 Å². The Bertz CT molecular complexity index is 2540. The van der Waals surface area contributed by atoms with Gasteiger partial charge in [0, 0.05) is 42.2 Å². The topological polar surface area (TPSA) is 25.4 Å². The molecule has 0 radical (unpaired) electrons. The number of hydrogen-bond acceptors (Lipinski definition) is 6. The monoisotopic (exact) mass is 672 g/mol. The highest BCUT2D eigenvalue weighted by Crippen LogP contribution is 2.50. The molecule has 3 heterocycles. The van der Waals surface area contributed by atoms with Crippen molar-refractivity contribution in [2.45, 2.75) is 4.90 Å². The molecule has 0 unspecified atom stereocenters. The number of rotatable bonds is 6. The second-order valence-corrected chi connectivity index (χ2v) is 14.8. The van der Waals surface area contributed by atoms with E-state index in [-0.39, 0.29) is 0 Å². The van der Waals surface area contributed by atoms with E-state index in [1.165, 1.54) is 35.5 Å². The molecule has 230 valence electrons. The van der Waals surface area contributed by atoms with Crippen molar-refractivity contribution in [2.24, 2.45) is 0 Å². The van der Waals surface area contributed by atoms with Gasteiger partial charge in [0.1, 0.15) is 5.01 Å². The Morgan fingerprint density at radius 3 is 2.23 bits per heavy atom. The molecule has 6 aromatic carbocycles. The van der Waals surface area contributed by atoms with E-state index in [1.807, 2.05) is 6.07 Å². The van der Waals surface area contributed by atoms with Crippen LogP contribution in [0.2, 0.25) is 0 Å². The number of methoxy groups -OCH3 is 1. The van der Waals surface area contributed by atoms with Gasteiger partial charge in [-0.25, -0.2) is 4.98 Å². The smallest absolute Gasteiger partial charge is 0.160 e. The lowest BCUT2D eigenvalue weighted by molar-refractivity contribution is 0.421. The maximum Gasteiger partial charge on any atom is 0.160 e. The number of thiophene rings is 1. The highest BCUT2D eigenvalue weighted by molar-refractivity contribution is 8.08. The van der Waals surface area contributed by atoms with E-state index in [2.05, 4.69) is 145 Å². The average molecular weight is 673 g/mol. The van der Waals surface area contributed by atoms with Crippen molar-refractivity contribution in [3.8, 4) is 16.3 Å². The van der Waals surface area contributed by atoms with Gasteiger partial charge in [-0.1, -0.05) is 97.2 Å². The van der Waals surface area contributed by atoms with Gasteiger partial charge in [0.25, 0.3) is 0 Å². The van der Waals surface area contributed by atoms with E-state index in [4.69, 9.17) is 9.72 Å². The van der Waals surface area contributed by atoms with Crippen molar-refractivity contribution in [3.05, 3.63) is 157 Å². The summed E-state index contributed by atoms with van der Waals surface area (Å²) in [6.45, 7) is 4.39. The lowest BCUT2D eigenvalue weighted by Crippen LogP contribution is -2.11. The third-order valence-corrected chi connectivity index (χ3v) is 12.1. The van der Waals surface area contributed by atoms with Crippen molar-refractivity contribution in [2.75, 3.05) is 12.0 Å². The molecule has 0 saturated carbocycles. The molecule has 0 saturated heterocycles. The van der Waals surface area contributed by atoms with E-state index in [1.54, 1.807) is 41.5 Å². The van der Waals surface area contributed by atoms with E-state index < -0.39 is 0 Å². The lowest BCUT2D eigenvalue weighted by Gasteiger charge is -2.28. The average Bonchev–Trinajstić information content (AvgIpc) is 3.74. The third-order valence-electron chi connectivity index (χ3n) is 8.72. The number of anilines is 3. The molecular formula is C42H28N2OS3. The molecule has 1 aliphatic rings. The zero-order valence-electron chi connectivity index (χ0n) is 26.0. The Kier molecular flexibility index (Phi) is 7.16. The maximum absolute atomic E-state index is 6.30. The SMILES string of the molecule is C=C1C=C(c2cccc(N(c3cccc(-c4nc5ccccc5s4)c3)c3ccc4c(sc5ccccc54)c3OC)c2)Sc2ccccc21. The fourth-order valence-corrected chi connectivity index (χ4v) is 9.80. The van der Waals surface area contributed by atoms with Crippen LogP contribution in [0.5, 0.6) is 5.75 Å². The van der Waals surface area contributed by atoms with E-state index in [0.29, 0.717) is 0 Å². The molecule has 6 heteroatoms. The van der Waals surface area contributed by atoms with Crippen LogP contribution in [-0.2, 0) is 0 Å². The number of aromatic nitrogens is 1. The van der Waals surface area contributed by atoms with Crippen LogP contribution in [0.15, 0.2) is 151 Å². The third kappa shape index (κ3) is 4.92. The first kappa shape index (κ1) is 29.0. The summed E-state index contributed by atoms with van der Waals surface area (Å²) in [6, 6.07) is 47.3. The molecule has 8 aromatic rings. The number of benzene rings is 6. The molecule has 0 atom stereocenters. The van der Waals surface area contributed by atoms with Crippen LogP contribution in [0.3, 0.4) is 0 Å². The minimum absolute atomic E-state index is 0.859. The zero-order valence-corrected chi connectivity index (χ0v) is 28.5. The van der Waals surface area contributed by atoms with Crippen LogP contribution in [0.25, 0.3) is 51.4 Å².